The van der Waals surface area contributed by atoms with Crippen LogP contribution in [-0.2, 0) is 0 Å². The Morgan fingerprint density at radius 3 is 2.38 bits per heavy atom. The van der Waals surface area contributed by atoms with Crippen molar-refractivity contribution in [2.24, 2.45) is 0 Å². The van der Waals surface area contributed by atoms with Gasteiger partial charge in [-0.2, -0.15) is 0 Å². The molecule has 0 aliphatic carbocycles. The molecule has 1 aromatic carbocycles. The highest BCUT2D eigenvalue weighted by Crippen LogP contribution is 2.20. The average Bonchev–Trinajstić information content (AvgIpc) is 2.67. The highest BCUT2D eigenvalue weighted by Gasteiger charge is 2.18. The van der Waals surface area contributed by atoms with Crippen LogP contribution >= 0.6 is 0 Å². The van der Waals surface area contributed by atoms with Crippen LogP contribution in [0.1, 0.15) is 10.4 Å². The molecule has 0 fully saturated rings. The van der Waals surface area contributed by atoms with Crippen molar-refractivity contribution in [3.63, 3.8) is 0 Å². The topological polar surface area (TPSA) is 42.2 Å². The lowest BCUT2D eigenvalue weighted by Crippen LogP contribution is -2.08. The maximum absolute atomic E-state index is 13.3. The standard InChI is InChI=1S/C11H7F2NO2/c12-7-5-8(13)10(11(15)16)9(6-7)14-3-1-2-4-14/h1-6H,(H,15,16). The molecule has 0 amide bonds. The van der Waals surface area contributed by atoms with Crippen LogP contribution in [0.4, 0.5) is 8.78 Å². The van der Waals surface area contributed by atoms with Gasteiger partial charge in [-0.15, -0.1) is 0 Å². The maximum atomic E-state index is 13.3. The van der Waals surface area contributed by atoms with E-state index in [0.29, 0.717) is 6.07 Å². The Balaban J connectivity index is 2.72. The summed E-state index contributed by atoms with van der Waals surface area (Å²) in [6.45, 7) is 0. The molecule has 0 saturated carbocycles. The van der Waals surface area contributed by atoms with E-state index in [9.17, 15) is 13.6 Å². The fourth-order valence-electron chi connectivity index (χ4n) is 1.47. The van der Waals surface area contributed by atoms with Gasteiger partial charge in [-0.1, -0.05) is 0 Å². The van der Waals surface area contributed by atoms with Crippen molar-refractivity contribution in [2.75, 3.05) is 0 Å². The van der Waals surface area contributed by atoms with Crippen LogP contribution in [0, 0.1) is 11.6 Å². The van der Waals surface area contributed by atoms with Crippen LogP contribution in [0.3, 0.4) is 0 Å². The monoisotopic (exact) mass is 223 g/mol. The summed E-state index contributed by atoms with van der Waals surface area (Å²) in [4.78, 5) is 10.9. The minimum absolute atomic E-state index is 0.0324. The van der Waals surface area contributed by atoms with Gasteiger partial charge >= 0.3 is 5.97 Å². The van der Waals surface area contributed by atoms with Gasteiger partial charge in [-0.3, -0.25) is 0 Å². The molecule has 3 nitrogen and oxygen atoms in total. The second kappa shape index (κ2) is 3.77. The number of aromatic carboxylic acids is 1. The first-order chi connectivity index (χ1) is 7.59. The summed E-state index contributed by atoms with van der Waals surface area (Å²) in [6.07, 6.45) is 3.03. The molecule has 16 heavy (non-hydrogen) atoms. The Hall–Kier alpha value is -2.17. The Morgan fingerprint density at radius 2 is 1.81 bits per heavy atom. The van der Waals surface area contributed by atoms with Crippen molar-refractivity contribution in [3.8, 4) is 5.69 Å². The fraction of sp³-hybridized carbons (Fsp3) is 0. The first-order valence-corrected chi connectivity index (χ1v) is 4.45. The van der Waals surface area contributed by atoms with E-state index in [1.807, 2.05) is 0 Å². The third kappa shape index (κ3) is 1.67. The summed E-state index contributed by atoms with van der Waals surface area (Å²) in [6, 6.07) is 4.80. The van der Waals surface area contributed by atoms with Gasteiger partial charge in [0.05, 0.1) is 5.69 Å². The molecule has 2 aromatic rings. The van der Waals surface area contributed by atoms with Crippen LogP contribution in [0.2, 0.25) is 0 Å². The minimum atomic E-state index is -1.43. The van der Waals surface area contributed by atoms with Crippen molar-refractivity contribution in [1.82, 2.24) is 4.57 Å². The van der Waals surface area contributed by atoms with Gasteiger partial charge in [0.2, 0.25) is 0 Å². The summed E-state index contributed by atoms with van der Waals surface area (Å²) in [5, 5.41) is 8.86. The largest absolute Gasteiger partial charge is 0.478 e. The lowest BCUT2D eigenvalue weighted by molar-refractivity contribution is 0.0692. The third-order valence-corrected chi connectivity index (χ3v) is 2.13. The van der Waals surface area contributed by atoms with Crippen LogP contribution in [-0.4, -0.2) is 15.6 Å². The third-order valence-electron chi connectivity index (χ3n) is 2.13. The number of carboxylic acid groups (broad SMARTS) is 1. The molecule has 1 N–H and O–H groups in total. The molecule has 0 aliphatic heterocycles. The number of rotatable bonds is 2. The lowest BCUT2D eigenvalue weighted by atomic mass is 10.1. The molecule has 0 bridgehead atoms. The van der Waals surface area contributed by atoms with Crippen molar-refractivity contribution in [2.45, 2.75) is 0 Å². The van der Waals surface area contributed by atoms with E-state index >= 15 is 0 Å². The Morgan fingerprint density at radius 1 is 1.19 bits per heavy atom. The number of benzene rings is 1. The van der Waals surface area contributed by atoms with E-state index in [-0.39, 0.29) is 5.69 Å². The number of carboxylic acids is 1. The van der Waals surface area contributed by atoms with E-state index in [4.69, 9.17) is 5.11 Å². The Bertz CT molecular complexity index is 535. The molecule has 0 aliphatic rings. The highest BCUT2D eigenvalue weighted by atomic mass is 19.1. The normalized spacial score (nSPS) is 10.4. The number of nitrogens with zero attached hydrogens (tertiary/aromatic N) is 1. The lowest BCUT2D eigenvalue weighted by Gasteiger charge is -2.08. The minimum Gasteiger partial charge on any atom is -0.478 e. The van der Waals surface area contributed by atoms with Gasteiger partial charge in [0.25, 0.3) is 0 Å². The zero-order valence-corrected chi connectivity index (χ0v) is 8.02. The molecule has 1 heterocycles. The molecular weight excluding hydrogens is 216 g/mol. The number of halogens is 2. The van der Waals surface area contributed by atoms with Gasteiger partial charge in [-0.05, 0) is 18.2 Å². The second-order valence-electron chi connectivity index (χ2n) is 3.18. The molecule has 5 heteroatoms. The van der Waals surface area contributed by atoms with Gasteiger partial charge in [0, 0.05) is 18.5 Å². The van der Waals surface area contributed by atoms with E-state index in [1.165, 1.54) is 17.0 Å². The van der Waals surface area contributed by atoms with Crippen LogP contribution in [0.5, 0.6) is 0 Å². The van der Waals surface area contributed by atoms with Gasteiger partial charge in [0.15, 0.2) is 0 Å². The van der Waals surface area contributed by atoms with Crippen LogP contribution in [0.25, 0.3) is 5.69 Å². The van der Waals surface area contributed by atoms with Crippen LogP contribution in [0.15, 0.2) is 36.7 Å². The zero-order valence-electron chi connectivity index (χ0n) is 8.02. The summed E-state index contributed by atoms with van der Waals surface area (Å²) >= 11 is 0. The molecule has 0 saturated heterocycles. The molecule has 0 unspecified atom stereocenters. The van der Waals surface area contributed by atoms with Crippen molar-refractivity contribution >= 4 is 5.97 Å². The Labute approximate surface area is 89.6 Å². The predicted molar refractivity (Wildman–Crippen MR) is 52.6 cm³/mol. The van der Waals surface area contributed by atoms with Gasteiger partial charge < -0.3 is 9.67 Å². The number of aromatic nitrogens is 1. The Kier molecular flexibility index (Phi) is 2.44. The smallest absolute Gasteiger partial charge is 0.340 e. The number of hydrogen-bond acceptors (Lipinski definition) is 1. The summed E-state index contributed by atoms with van der Waals surface area (Å²) in [5.41, 5.74) is -0.576. The molecule has 1 aromatic heterocycles. The van der Waals surface area contributed by atoms with E-state index in [2.05, 4.69) is 0 Å². The highest BCUT2D eigenvalue weighted by molar-refractivity contribution is 5.92. The number of carbonyl (C=O) groups is 1. The van der Waals surface area contributed by atoms with Crippen molar-refractivity contribution in [1.29, 1.82) is 0 Å². The number of hydrogen-bond donors (Lipinski definition) is 1. The van der Waals surface area contributed by atoms with Gasteiger partial charge in [0.1, 0.15) is 17.2 Å². The quantitative estimate of drug-likeness (QED) is 0.849. The van der Waals surface area contributed by atoms with E-state index < -0.39 is 23.2 Å². The summed E-state index contributed by atoms with van der Waals surface area (Å²) in [7, 11) is 0. The zero-order chi connectivity index (χ0) is 11.7. The summed E-state index contributed by atoms with van der Waals surface area (Å²) in [5.74, 6) is -3.33. The molecular formula is C11H7F2NO2. The van der Waals surface area contributed by atoms with Crippen molar-refractivity contribution < 1.29 is 18.7 Å². The average molecular weight is 223 g/mol. The molecule has 0 radical (unpaired) electrons. The molecule has 0 spiro atoms. The van der Waals surface area contributed by atoms with Crippen LogP contribution < -0.4 is 0 Å². The first kappa shape index (κ1) is 10.4. The molecule has 0 atom stereocenters. The van der Waals surface area contributed by atoms with E-state index in [1.54, 1.807) is 12.1 Å². The molecule has 2 rings (SSSR count). The van der Waals surface area contributed by atoms with Crippen molar-refractivity contribution in [3.05, 3.63) is 53.9 Å². The SMILES string of the molecule is O=C(O)c1c(F)cc(F)cc1-n1cccc1. The fourth-order valence-corrected chi connectivity index (χ4v) is 1.47. The predicted octanol–water partition coefficient (Wildman–Crippen LogP) is 2.45. The van der Waals surface area contributed by atoms with E-state index in [0.717, 1.165) is 6.07 Å². The molecule has 82 valence electrons. The maximum Gasteiger partial charge on any atom is 0.340 e. The van der Waals surface area contributed by atoms with Gasteiger partial charge in [-0.25, -0.2) is 13.6 Å². The summed E-state index contributed by atoms with van der Waals surface area (Å²) < 4.78 is 27.7. The first-order valence-electron chi connectivity index (χ1n) is 4.45. The second-order valence-corrected chi connectivity index (χ2v) is 3.18.